The van der Waals surface area contributed by atoms with Gasteiger partial charge in [-0.1, -0.05) is 82.4 Å². The van der Waals surface area contributed by atoms with Gasteiger partial charge in [-0.05, 0) is 49.7 Å². The Morgan fingerprint density at radius 3 is 2.52 bits per heavy atom. The number of aliphatic carboxylic acids is 1. The molecule has 1 aromatic rings. The van der Waals surface area contributed by atoms with E-state index in [-0.39, 0.29) is 12.0 Å². The molecule has 0 spiro atoms. The van der Waals surface area contributed by atoms with E-state index in [4.69, 9.17) is 5.11 Å². The summed E-state index contributed by atoms with van der Waals surface area (Å²) in [6.45, 7) is 3.94. The zero-order valence-corrected chi connectivity index (χ0v) is 17.2. The molecule has 3 heteroatoms. The summed E-state index contributed by atoms with van der Waals surface area (Å²) in [5, 5.41) is 18.9. The first-order chi connectivity index (χ1) is 13.0. The van der Waals surface area contributed by atoms with E-state index in [0.717, 1.165) is 51.4 Å². The molecule has 0 saturated heterocycles. The number of allylic oxidation sites excluding steroid dienone is 1. The highest BCUT2D eigenvalue weighted by Crippen LogP contribution is 2.15. The maximum atomic E-state index is 10.8. The van der Waals surface area contributed by atoms with Crippen LogP contribution in [0.25, 0.3) is 6.08 Å². The molecule has 152 valence electrons. The van der Waals surface area contributed by atoms with Crippen LogP contribution in [0.3, 0.4) is 0 Å². The van der Waals surface area contributed by atoms with Crippen LogP contribution in [-0.2, 0) is 11.2 Å². The number of hydrogen-bond acceptors (Lipinski definition) is 2. The number of aryl methyl sites for hydroxylation is 1. The molecule has 1 aromatic carbocycles. The first-order valence-electron chi connectivity index (χ1n) is 10.7. The summed E-state index contributed by atoms with van der Waals surface area (Å²) < 4.78 is 0. The van der Waals surface area contributed by atoms with E-state index in [1.807, 2.05) is 0 Å². The van der Waals surface area contributed by atoms with Crippen LogP contribution in [0.4, 0.5) is 0 Å². The van der Waals surface area contributed by atoms with Crippen LogP contribution in [0.1, 0.15) is 89.2 Å². The monoisotopic (exact) mass is 374 g/mol. The molecule has 0 saturated carbocycles. The smallest absolute Gasteiger partial charge is 0.306 e. The molecule has 0 radical (unpaired) electrons. The first kappa shape index (κ1) is 23.4. The highest BCUT2D eigenvalue weighted by atomic mass is 16.4. The lowest BCUT2D eigenvalue weighted by Gasteiger charge is -2.10. The number of hydrogen-bond donors (Lipinski definition) is 2. The quantitative estimate of drug-likeness (QED) is 0.357. The maximum Gasteiger partial charge on any atom is 0.306 e. The summed E-state index contributed by atoms with van der Waals surface area (Å²) in [5.74, 6) is -1.01. The van der Waals surface area contributed by atoms with E-state index in [1.165, 1.54) is 24.0 Å². The van der Waals surface area contributed by atoms with Crippen LogP contribution in [0.2, 0.25) is 0 Å². The lowest BCUT2D eigenvalue weighted by Crippen LogP contribution is -2.08. The lowest BCUT2D eigenvalue weighted by molar-refractivity contribution is -0.141. The van der Waals surface area contributed by atoms with Crippen molar-refractivity contribution in [2.24, 2.45) is 5.92 Å². The Bertz CT molecular complexity index is 550. The van der Waals surface area contributed by atoms with Crippen molar-refractivity contribution in [2.75, 3.05) is 0 Å². The molecule has 27 heavy (non-hydrogen) atoms. The van der Waals surface area contributed by atoms with Crippen molar-refractivity contribution >= 4 is 12.0 Å². The number of benzene rings is 1. The molecule has 0 aliphatic carbocycles. The van der Waals surface area contributed by atoms with E-state index >= 15 is 0 Å². The number of unbranched alkanes of at least 4 members (excludes halogenated alkanes) is 4. The van der Waals surface area contributed by atoms with E-state index in [2.05, 4.69) is 43.3 Å². The minimum absolute atomic E-state index is 0.117. The summed E-state index contributed by atoms with van der Waals surface area (Å²) in [4.78, 5) is 10.8. The van der Waals surface area contributed by atoms with Crippen molar-refractivity contribution in [3.63, 3.8) is 0 Å². The SMILES string of the molecule is CCCCCC(O)CCCCCc1cccc(C=CCCC(C)C(=O)O)c1. The molecule has 1 rings (SSSR count). The normalized spacial score (nSPS) is 13.7. The Hall–Kier alpha value is -1.61. The largest absolute Gasteiger partial charge is 0.481 e. The van der Waals surface area contributed by atoms with Crippen LogP contribution >= 0.6 is 0 Å². The molecule has 0 amide bonds. The van der Waals surface area contributed by atoms with Gasteiger partial charge in [-0.25, -0.2) is 0 Å². The zero-order chi connectivity index (χ0) is 19.9. The topological polar surface area (TPSA) is 57.5 Å². The highest BCUT2D eigenvalue weighted by molar-refractivity contribution is 5.69. The summed E-state index contributed by atoms with van der Waals surface area (Å²) in [6.07, 6.45) is 15.5. The maximum absolute atomic E-state index is 10.8. The minimum atomic E-state index is -0.723. The predicted octanol–water partition coefficient (Wildman–Crippen LogP) is 6.24. The van der Waals surface area contributed by atoms with Gasteiger partial charge in [0.05, 0.1) is 12.0 Å². The van der Waals surface area contributed by atoms with E-state index in [9.17, 15) is 9.90 Å². The van der Waals surface area contributed by atoms with Crippen molar-refractivity contribution in [3.8, 4) is 0 Å². The summed E-state index contributed by atoms with van der Waals surface area (Å²) >= 11 is 0. The average Bonchev–Trinajstić information content (AvgIpc) is 2.65. The third-order valence-corrected chi connectivity index (χ3v) is 5.09. The fourth-order valence-corrected chi connectivity index (χ4v) is 3.20. The Labute approximate surface area is 165 Å². The van der Waals surface area contributed by atoms with Crippen LogP contribution in [0, 0.1) is 5.92 Å². The fraction of sp³-hybridized carbons (Fsp3) is 0.625. The Morgan fingerprint density at radius 1 is 1.07 bits per heavy atom. The second-order valence-electron chi connectivity index (χ2n) is 7.71. The summed E-state index contributed by atoms with van der Waals surface area (Å²) in [7, 11) is 0. The molecule has 0 aromatic heterocycles. The minimum Gasteiger partial charge on any atom is -0.481 e. The number of aliphatic hydroxyl groups is 1. The summed E-state index contributed by atoms with van der Waals surface area (Å²) in [5.41, 5.74) is 2.53. The molecule has 2 atom stereocenters. The van der Waals surface area contributed by atoms with Crippen LogP contribution < -0.4 is 0 Å². The molecule has 0 aliphatic heterocycles. The van der Waals surface area contributed by atoms with E-state index in [1.54, 1.807) is 6.92 Å². The standard InChI is InChI=1S/C24H38O3/c1-3-4-6-17-23(25)18-8-5-7-13-21-15-11-16-22(19-21)14-10-9-12-20(2)24(26)27/h10-11,14-16,19-20,23,25H,3-9,12-13,17-18H2,1-2H3,(H,26,27). The van der Waals surface area contributed by atoms with E-state index in [0.29, 0.717) is 6.42 Å². The van der Waals surface area contributed by atoms with Gasteiger partial charge in [0.1, 0.15) is 0 Å². The van der Waals surface area contributed by atoms with Crippen molar-refractivity contribution < 1.29 is 15.0 Å². The second-order valence-corrected chi connectivity index (χ2v) is 7.71. The Morgan fingerprint density at radius 2 is 1.81 bits per heavy atom. The van der Waals surface area contributed by atoms with Crippen molar-refractivity contribution in [3.05, 3.63) is 41.5 Å². The van der Waals surface area contributed by atoms with Crippen LogP contribution in [0.5, 0.6) is 0 Å². The van der Waals surface area contributed by atoms with Crippen molar-refractivity contribution in [2.45, 2.75) is 90.6 Å². The molecule has 0 aliphatic rings. The van der Waals surface area contributed by atoms with Crippen molar-refractivity contribution in [1.82, 2.24) is 0 Å². The Balaban J connectivity index is 2.23. The first-order valence-corrected chi connectivity index (χ1v) is 10.7. The second kappa shape index (κ2) is 14.4. The average molecular weight is 375 g/mol. The molecule has 2 N–H and O–H groups in total. The molecular weight excluding hydrogens is 336 g/mol. The molecule has 0 heterocycles. The number of aliphatic hydroxyl groups excluding tert-OH is 1. The number of carboxylic acid groups (broad SMARTS) is 1. The molecule has 0 fully saturated rings. The van der Waals surface area contributed by atoms with Crippen LogP contribution in [-0.4, -0.2) is 22.3 Å². The Kier molecular flexibility index (Phi) is 12.5. The van der Waals surface area contributed by atoms with Gasteiger partial charge in [0.2, 0.25) is 0 Å². The third kappa shape index (κ3) is 11.7. The van der Waals surface area contributed by atoms with Gasteiger partial charge in [-0.3, -0.25) is 4.79 Å². The van der Waals surface area contributed by atoms with Gasteiger partial charge in [0, 0.05) is 0 Å². The van der Waals surface area contributed by atoms with Gasteiger partial charge in [-0.2, -0.15) is 0 Å². The number of carboxylic acids is 1. The fourth-order valence-electron chi connectivity index (χ4n) is 3.20. The third-order valence-electron chi connectivity index (χ3n) is 5.09. The molecule has 0 bridgehead atoms. The molecular formula is C24H38O3. The molecule has 3 nitrogen and oxygen atoms in total. The van der Waals surface area contributed by atoms with Gasteiger partial charge in [0.15, 0.2) is 0 Å². The van der Waals surface area contributed by atoms with Gasteiger partial charge in [0.25, 0.3) is 0 Å². The van der Waals surface area contributed by atoms with Crippen molar-refractivity contribution in [1.29, 1.82) is 0 Å². The number of rotatable bonds is 15. The zero-order valence-electron chi connectivity index (χ0n) is 17.2. The lowest BCUT2D eigenvalue weighted by atomic mass is 10.0. The predicted molar refractivity (Wildman–Crippen MR) is 114 cm³/mol. The summed E-state index contributed by atoms with van der Waals surface area (Å²) in [6, 6.07) is 8.57. The van der Waals surface area contributed by atoms with E-state index < -0.39 is 5.97 Å². The number of carbonyl (C=O) groups is 1. The van der Waals surface area contributed by atoms with Gasteiger partial charge in [-0.15, -0.1) is 0 Å². The molecule has 2 unspecified atom stereocenters. The highest BCUT2D eigenvalue weighted by Gasteiger charge is 2.08. The van der Waals surface area contributed by atoms with Gasteiger partial charge >= 0.3 is 5.97 Å². The van der Waals surface area contributed by atoms with Crippen LogP contribution in [0.15, 0.2) is 30.3 Å². The van der Waals surface area contributed by atoms with Gasteiger partial charge < -0.3 is 10.2 Å².